The molecule has 6 nitrogen and oxygen atoms in total. The minimum atomic E-state index is -3.45. The number of nitrogens with one attached hydrogen (secondary N) is 1. The second-order valence-electron chi connectivity index (χ2n) is 5.97. The van der Waals surface area contributed by atoms with Crippen molar-refractivity contribution in [2.45, 2.75) is 30.7 Å². The highest BCUT2D eigenvalue weighted by Crippen LogP contribution is 2.24. The van der Waals surface area contributed by atoms with Crippen molar-refractivity contribution in [3.63, 3.8) is 0 Å². The molecule has 0 amide bonds. The molecule has 0 unspecified atom stereocenters. The topological polar surface area (TPSA) is 71.5 Å². The molecule has 25 heavy (non-hydrogen) atoms. The van der Waals surface area contributed by atoms with Crippen LogP contribution in [0.5, 0.6) is 5.75 Å². The van der Waals surface area contributed by atoms with Crippen LogP contribution in [0.3, 0.4) is 0 Å². The van der Waals surface area contributed by atoms with Crippen molar-refractivity contribution in [3.8, 4) is 5.75 Å². The second kappa shape index (κ2) is 7.84. The normalized spacial score (nSPS) is 16.5. The Balaban J connectivity index is 1.61. The van der Waals surface area contributed by atoms with Gasteiger partial charge in [-0.2, -0.15) is 4.31 Å². The molecule has 0 atom stereocenters. The average Bonchev–Trinajstić information content (AvgIpc) is 2.64. The van der Waals surface area contributed by atoms with Gasteiger partial charge in [0.2, 0.25) is 10.0 Å². The number of piperidine rings is 1. The van der Waals surface area contributed by atoms with Crippen LogP contribution < -0.4 is 10.1 Å². The summed E-state index contributed by atoms with van der Waals surface area (Å²) in [6.07, 6.45) is 5.05. The Bertz CT molecular complexity index is 771. The zero-order valence-electron chi connectivity index (χ0n) is 14.3. The molecule has 0 spiro atoms. The molecule has 3 rings (SSSR count). The van der Waals surface area contributed by atoms with Gasteiger partial charge in [0.1, 0.15) is 5.75 Å². The van der Waals surface area contributed by atoms with Crippen molar-refractivity contribution in [3.05, 3.63) is 48.8 Å². The summed E-state index contributed by atoms with van der Waals surface area (Å²) in [5.74, 6) is 0.681. The summed E-state index contributed by atoms with van der Waals surface area (Å²) in [5.41, 5.74) is 0.968. The fourth-order valence-corrected chi connectivity index (χ4v) is 4.42. The van der Waals surface area contributed by atoms with E-state index in [1.165, 1.54) is 0 Å². The van der Waals surface area contributed by atoms with Gasteiger partial charge in [0.15, 0.2) is 0 Å². The third kappa shape index (κ3) is 4.29. The lowest BCUT2D eigenvalue weighted by Crippen LogP contribution is -2.42. The van der Waals surface area contributed by atoms with E-state index in [9.17, 15) is 8.42 Å². The van der Waals surface area contributed by atoms with Crippen LogP contribution >= 0.6 is 0 Å². The van der Waals surface area contributed by atoms with Crippen LogP contribution in [0, 0.1) is 0 Å². The Kier molecular flexibility index (Phi) is 5.55. The molecule has 1 N–H and O–H groups in total. The first-order valence-electron chi connectivity index (χ1n) is 8.49. The predicted molar refractivity (Wildman–Crippen MR) is 97.3 cm³/mol. The maximum absolute atomic E-state index is 12.8. The molecule has 1 aliphatic rings. The van der Waals surface area contributed by atoms with Crippen molar-refractivity contribution in [2.75, 3.05) is 25.0 Å². The molecule has 1 saturated heterocycles. The highest BCUT2D eigenvalue weighted by molar-refractivity contribution is 7.89. The van der Waals surface area contributed by atoms with E-state index < -0.39 is 10.0 Å². The summed E-state index contributed by atoms with van der Waals surface area (Å²) in [4.78, 5) is 4.40. The first-order valence-corrected chi connectivity index (χ1v) is 9.93. The van der Waals surface area contributed by atoms with E-state index in [0.29, 0.717) is 30.3 Å². The third-order valence-corrected chi connectivity index (χ3v) is 6.17. The van der Waals surface area contributed by atoms with E-state index in [2.05, 4.69) is 10.3 Å². The number of sulfonamides is 1. The zero-order chi connectivity index (χ0) is 17.7. The zero-order valence-corrected chi connectivity index (χ0v) is 15.1. The molecular formula is C18H23N3O3S. The standard InChI is InChI=1S/C18H23N3O3S/c1-2-24-17-5-7-18(8-6-17)25(22,23)21-12-9-15(10-13-21)20-16-4-3-11-19-14-16/h3-8,11,14-15,20H,2,9-10,12-13H2,1H3. The minimum absolute atomic E-state index is 0.260. The largest absolute Gasteiger partial charge is 0.494 e. The lowest BCUT2D eigenvalue weighted by molar-refractivity contribution is 0.329. The molecule has 1 aliphatic heterocycles. The number of benzene rings is 1. The molecule has 2 aromatic rings. The Hall–Kier alpha value is -2.12. The van der Waals surface area contributed by atoms with Gasteiger partial charge in [-0.1, -0.05) is 0 Å². The van der Waals surface area contributed by atoms with Gasteiger partial charge in [0.25, 0.3) is 0 Å². The van der Waals surface area contributed by atoms with Gasteiger partial charge < -0.3 is 10.1 Å². The Morgan fingerprint density at radius 3 is 2.52 bits per heavy atom. The van der Waals surface area contributed by atoms with Gasteiger partial charge >= 0.3 is 0 Å². The van der Waals surface area contributed by atoms with Crippen LogP contribution in [-0.4, -0.2) is 43.4 Å². The van der Waals surface area contributed by atoms with E-state index in [0.717, 1.165) is 18.5 Å². The van der Waals surface area contributed by atoms with E-state index >= 15 is 0 Å². The highest BCUT2D eigenvalue weighted by Gasteiger charge is 2.29. The number of anilines is 1. The van der Waals surface area contributed by atoms with Crippen molar-refractivity contribution in [2.24, 2.45) is 0 Å². The fourth-order valence-electron chi connectivity index (χ4n) is 2.95. The average molecular weight is 361 g/mol. The summed E-state index contributed by atoms with van der Waals surface area (Å²) < 4.78 is 32.5. The monoisotopic (exact) mass is 361 g/mol. The number of rotatable bonds is 6. The van der Waals surface area contributed by atoms with Gasteiger partial charge in [-0.3, -0.25) is 4.98 Å². The lowest BCUT2D eigenvalue weighted by atomic mass is 10.1. The van der Waals surface area contributed by atoms with Crippen LogP contribution in [0.15, 0.2) is 53.7 Å². The van der Waals surface area contributed by atoms with Gasteiger partial charge in [0.05, 0.1) is 17.2 Å². The summed E-state index contributed by atoms with van der Waals surface area (Å²) in [5, 5.41) is 3.41. The maximum atomic E-state index is 12.8. The minimum Gasteiger partial charge on any atom is -0.494 e. The number of aromatic nitrogens is 1. The van der Waals surface area contributed by atoms with E-state index in [1.54, 1.807) is 41.0 Å². The number of ether oxygens (including phenoxy) is 1. The van der Waals surface area contributed by atoms with Crippen molar-refractivity contribution in [1.82, 2.24) is 9.29 Å². The lowest BCUT2D eigenvalue weighted by Gasteiger charge is -2.32. The van der Waals surface area contributed by atoms with Gasteiger partial charge in [-0.25, -0.2) is 8.42 Å². The van der Waals surface area contributed by atoms with Crippen LogP contribution in [0.25, 0.3) is 0 Å². The first kappa shape index (κ1) is 17.7. The number of hydrogen-bond donors (Lipinski definition) is 1. The summed E-state index contributed by atoms with van der Waals surface area (Å²) in [7, 11) is -3.45. The number of pyridine rings is 1. The third-order valence-electron chi connectivity index (χ3n) is 4.26. The van der Waals surface area contributed by atoms with Crippen LogP contribution in [0.4, 0.5) is 5.69 Å². The fraction of sp³-hybridized carbons (Fsp3) is 0.389. The molecule has 1 fully saturated rings. The van der Waals surface area contributed by atoms with E-state index in [1.807, 2.05) is 19.1 Å². The van der Waals surface area contributed by atoms with Crippen molar-refractivity contribution >= 4 is 15.7 Å². The quantitative estimate of drug-likeness (QED) is 0.857. The maximum Gasteiger partial charge on any atom is 0.243 e. The molecule has 0 bridgehead atoms. The van der Waals surface area contributed by atoms with Gasteiger partial charge in [0, 0.05) is 31.5 Å². The van der Waals surface area contributed by atoms with Crippen molar-refractivity contribution < 1.29 is 13.2 Å². The molecular weight excluding hydrogens is 338 g/mol. The smallest absolute Gasteiger partial charge is 0.243 e. The molecule has 1 aromatic carbocycles. The predicted octanol–water partition coefficient (Wildman–Crippen LogP) is 2.75. The molecule has 2 heterocycles. The molecule has 0 aliphatic carbocycles. The van der Waals surface area contributed by atoms with Crippen molar-refractivity contribution in [1.29, 1.82) is 0 Å². The second-order valence-corrected chi connectivity index (χ2v) is 7.91. The van der Waals surface area contributed by atoms with Gasteiger partial charge in [-0.15, -0.1) is 0 Å². The summed E-state index contributed by atoms with van der Waals surface area (Å²) >= 11 is 0. The Morgan fingerprint density at radius 2 is 1.92 bits per heavy atom. The van der Waals surface area contributed by atoms with Gasteiger partial charge in [-0.05, 0) is 56.2 Å². The first-order chi connectivity index (χ1) is 12.1. The SMILES string of the molecule is CCOc1ccc(S(=O)(=O)N2CCC(Nc3cccnc3)CC2)cc1. The van der Waals surface area contributed by atoms with E-state index in [4.69, 9.17) is 4.74 Å². The summed E-state index contributed by atoms with van der Waals surface area (Å²) in [6, 6.07) is 10.7. The molecule has 1 aromatic heterocycles. The Labute approximate surface area is 148 Å². The van der Waals surface area contributed by atoms with Crippen LogP contribution in [0.1, 0.15) is 19.8 Å². The molecule has 134 valence electrons. The molecule has 7 heteroatoms. The molecule has 0 saturated carbocycles. The summed E-state index contributed by atoms with van der Waals surface area (Å²) in [6.45, 7) is 3.47. The Morgan fingerprint density at radius 1 is 1.20 bits per heavy atom. The number of nitrogens with zero attached hydrogens (tertiary/aromatic N) is 2. The highest BCUT2D eigenvalue weighted by atomic mass is 32.2. The number of hydrogen-bond acceptors (Lipinski definition) is 5. The van der Waals surface area contributed by atoms with E-state index in [-0.39, 0.29) is 6.04 Å². The van der Waals surface area contributed by atoms with Crippen LogP contribution in [-0.2, 0) is 10.0 Å². The van der Waals surface area contributed by atoms with Crippen LogP contribution in [0.2, 0.25) is 0 Å². The molecule has 0 radical (unpaired) electrons.